The van der Waals surface area contributed by atoms with Gasteiger partial charge in [0.1, 0.15) is 0 Å². The Hall–Kier alpha value is -0.0800. The Labute approximate surface area is 93.6 Å². The van der Waals surface area contributed by atoms with E-state index in [2.05, 4.69) is 6.92 Å². The molecule has 0 atom stereocenters. The molecule has 2 aliphatic carbocycles. The quantitative estimate of drug-likeness (QED) is 0.762. The predicted molar refractivity (Wildman–Crippen MR) is 62.8 cm³/mol. The van der Waals surface area contributed by atoms with Crippen molar-refractivity contribution in [1.82, 2.24) is 0 Å². The minimum absolute atomic E-state index is 0.486. The van der Waals surface area contributed by atoms with Crippen molar-refractivity contribution < 1.29 is 4.74 Å². The van der Waals surface area contributed by atoms with E-state index in [9.17, 15) is 0 Å². The topological polar surface area (TPSA) is 35.2 Å². The number of hydrogen-bond donors (Lipinski definition) is 1. The van der Waals surface area contributed by atoms with E-state index >= 15 is 0 Å². The van der Waals surface area contributed by atoms with E-state index in [1.165, 1.54) is 51.4 Å². The molecule has 0 aromatic heterocycles. The van der Waals surface area contributed by atoms with E-state index in [4.69, 9.17) is 10.5 Å². The number of hydrogen-bond acceptors (Lipinski definition) is 2. The molecule has 1 spiro atoms. The summed E-state index contributed by atoms with van der Waals surface area (Å²) in [6, 6.07) is 0.486. The SMILES string of the molecule is CCOC1CCC2(CCC(N)CC2)CC1. The third-order valence-electron chi connectivity index (χ3n) is 4.49. The summed E-state index contributed by atoms with van der Waals surface area (Å²) in [5.74, 6) is 0. The van der Waals surface area contributed by atoms with Crippen molar-refractivity contribution in [2.45, 2.75) is 70.4 Å². The molecule has 0 aliphatic heterocycles. The maximum absolute atomic E-state index is 5.98. The number of ether oxygens (including phenoxy) is 1. The first-order valence-corrected chi connectivity index (χ1v) is 6.61. The minimum atomic E-state index is 0.486. The van der Waals surface area contributed by atoms with Gasteiger partial charge in [0, 0.05) is 12.6 Å². The Kier molecular flexibility index (Phi) is 3.68. The van der Waals surface area contributed by atoms with Crippen LogP contribution in [0.15, 0.2) is 0 Å². The first-order chi connectivity index (χ1) is 7.24. The summed E-state index contributed by atoms with van der Waals surface area (Å²) >= 11 is 0. The van der Waals surface area contributed by atoms with Gasteiger partial charge in [0.05, 0.1) is 6.10 Å². The zero-order valence-electron chi connectivity index (χ0n) is 10.0. The van der Waals surface area contributed by atoms with Crippen LogP contribution < -0.4 is 5.73 Å². The first-order valence-electron chi connectivity index (χ1n) is 6.61. The van der Waals surface area contributed by atoms with Crippen LogP contribution in [0.3, 0.4) is 0 Å². The summed E-state index contributed by atoms with van der Waals surface area (Å²) in [5, 5.41) is 0. The van der Waals surface area contributed by atoms with Gasteiger partial charge in [-0.1, -0.05) is 0 Å². The molecule has 0 aromatic rings. The fraction of sp³-hybridized carbons (Fsp3) is 1.00. The van der Waals surface area contributed by atoms with Crippen LogP contribution >= 0.6 is 0 Å². The second-order valence-corrected chi connectivity index (χ2v) is 5.49. The summed E-state index contributed by atoms with van der Waals surface area (Å²) in [6.45, 7) is 2.98. The summed E-state index contributed by atoms with van der Waals surface area (Å²) in [4.78, 5) is 0. The van der Waals surface area contributed by atoms with Crippen LogP contribution in [0.2, 0.25) is 0 Å². The molecule has 2 heteroatoms. The fourth-order valence-electron chi connectivity index (χ4n) is 3.36. The Morgan fingerprint density at radius 3 is 2.13 bits per heavy atom. The summed E-state index contributed by atoms with van der Waals surface area (Å²) in [6.07, 6.45) is 11.1. The largest absolute Gasteiger partial charge is 0.379 e. The van der Waals surface area contributed by atoms with Crippen molar-refractivity contribution in [2.75, 3.05) is 6.61 Å². The van der Waals surface area contributed by atoms with E-state index in [0.717, 1.165) is 6.61 Å². The van der Waals surface area contributed by atoms with Crippen LogP contribution in [-0.2, 0) is 4.74 Å². The Morgan fingerprint density at radius 2 is 1.60 bits per heavy atom. The van der Waals surface area contributed by atoms with Gasteiger partial charge in [0.15, 0.2) is 0 Å². The molecule has 0 saturated heterocycles. The lowest BCUT2D eigenvalue weighted by molar-refractivity contribution is -0.0102. The van der Waals surface area contributed by atoms with Gasteiger partial charge in [-0.2, -0.15) is 0 Å². The molecule has 0 radical (unpaired) electrons. The van der Waals surface area contributed by atoms with Crippen LogP contribution in [-0.4, -0.2) is 18.8 Å². The molecular weight excluding hydrogens is 186 g/mol. The first kappa shape index (κ1) is 11.4. The Bertz CT molecular complexity index is 187. The van der Waals surface area contributed by atoms with Gasteiger partial charge in [-0.3, -0.25) is 0 Å². The molecular formula is C13H25NO. The Morgan fingerprint density at radius 1 is 1.07 bits per heavy atom. The molecule has 2 fully saturated rings. The van der Waals surface area contributed by atoms with Crippen molar-refractivity contribution in [3.63, 3.8) is 0 Å². The molecule has 2 aliphatic rings. The lowest BCUT2D eigenvalue weighted by atomic mass is 9.64. The molecule has 0 unspecified atom stereocenters. The minimum Gasteiger partial charge on any atom is -0.379 e. The molecule has 0 bridgehead atoms. The van der Waals surface area contributed by atoms with E-state index in [0.29, 0.717) is 17.6 Å². The molecule has 15 heavy (non-hydrogen) atoms. The van der Waals surface area contributed by atoms with E-state index in [1.54, 1.807) is 0 Å². The van der Waals surface area contributed by atoms with Gasteiger partial charge in [-0.25, -0.2) is 0 Å². The monoisotopic (exact) mass is 211 g/mol. The second kappa shape index (κ2) is 4.84. The average molecular weight is 211 g/mol. The van der Waals surface area contributed by atoms with Gasteiger partial charge < -0.3 is 10.5 Å². The number of nitrogens with two attached hydrogens (primary N) is 1. The maximum Gasteiger partial charge on any atom is 0.0575 e. The molecule has 2 rings (SSSR count). The summed E-state index contributed by atoms with van der Waals surface area (Å²) < 4.78 is 5.71. The highest BCUT2D eigenvalue weighted by Crippen LogP contribution is 2.47. The van der Waals surface area contributed by atoms with Crippen LogP contribution in [0.1, 0.15) is 58.3 Å². The predicted octanol–water partition coefficient (Wildman–Crippen LogP) is 2.85. The second-order valence-electron chi connectivity index (χ2n) is 5.49. The van der Waals surface area contributed by atoms with Gasteiger partial charge >= 0.3 is 0 Å². The highest BCUT2D eigenvalue weighted by Gasteiger charge is 2.37. The standard InChI is InChI=1S/C13H25NO/c1-2-15-12-5-9-13(10-6-12)7-3-11(14)4-8-13/h11-12H,2-10,14H2,1H3. The fourth-order valence-corrected chi connectivity index (χ4v) is 3.36. The van der Waals surface area contributed by atoms with E-state index in [-0.39, 0.29) is 0 Å². The molecule has 88 valence electrons. The van der Waals surface area contributed by atoms with Crippen LogP contribution in [0, 0.1) is 5.41 Å². The zero-order chi connectivity index (χ0) is 10.7. The lowest BCUT2D eigenvalue weighted by Crippen LogP contribution is -2.38. The van der Waals surface area contributed by atoms with Crippen LogP contribution in [0.5, 0.6) is 0 Å². The normalized spacial score (nSPS) is 42.0. The van der Waals surface area contributed by atoms with Crippen LogP contribution in [0.4, 0.5) is 0 Å². The summed E-state index contributed by atoms with van der Waals surface area (Å²) in [7, 11) is 0. The van der Waals surface area contributed by atoms with Gasteiger partial charge in [0.2, 0.25) is 0 Å². The third kappa shape index (κ3) is 2.73. The Balaban J connectivity index is 1.81. The van der Waals surface area contributed by atoms with Crippen molar-refractivity contribution in [3.8, 4) is 0 Å². The van der Waals surface area contributed by atoms with Gasteiger partial charge in [-0.05, 0) is 63.7 Å². The lowest BCUT2D eigenvalue weighted by Gasteiger charge is -2.44. The number of rotatable bonds is 2. The van der Waals surface area contributed by atoms with Gasteiger partial charge in [0.25, 0.3) is 0 Å². The van der Waals surface area contributed by atoms with Crippen molar-refractivity contribution in [3.05, 3.63) is 0 Å². The van der Waals surface area contributed by atoms with Gasteiger partial charge in [-0.15, -0.1) is 0 Å². The van der Waals surface area contributed by atoms with E-state index < -0.39 is 0 Å². The smallest absolute Gasteiger partial charge is 0.0575 e. The zero-order valence-corrected chi connectivity index (χ0v) is 10.0. The van der Waals surface area contributed by atoms with Crippen molar-refractivity contribution in [2.24, 2.45) is 11.1 Å². The van der Waals surface area contributed by atoms with Crippen molar-refractivity contribution >= 4 is 0 Å². The van der Waals surface area contributed by atoms with Crippen LogP contribution in [0.25, 0.3) is 0 Å². The highest BCUT2D eigenvalue weighted by atomic mass is 16.5. The molecule has 0 aromatic carbocycles. The highest BCUT2D eigenvalue weighted by molar-refractivity contribution is 4.91. The average Bonchev–Trinajstić information content (AvgIpc) is 2.27. The molecule has 0 heterocycles. The summed E-state index contributed by atoms with van der Waals surface area (Å²) in [5.41, 5.74) is 6.63. The molecule has 0 amide bonds. The third-order valence-corrected chi connectivity index (χ3v) is 4.49. The van der Waals surface area contributed by atoms with Crippen molar-refractivity contribution in [1.29, 1.82) is 0 Å². The maximum atomic E-state index is 5.98. The van der Waals surface area contributed by atoms with E-state index in [1.807, 2.05) is 0 Å². The molecule has 2 N–H and O–H groups in total. The molecule has 2 nitrogen and oxygen atoms in total. The molecule has 2 saturated carbocycles.